The monoisotopic (exact) mass is 183 g/mol. The normalized spacial score (nSPS) is 10.9. The van der Waals surface area contributed by atoms with Gasteiger partial charge in [0, 0.05) is 5.56 Å². The molecule has 12 heavy (non-hydrogen) atoms. The maximum Gasteiger partial charge on any atom is 0.218 e. The van der Waals surface area contributed by atoms with Crippen LogP contribution in [0.4, 0.5) is 4.39 Å². The number of pyridine rings is 1. The number of nitrogens with zero attached hydrogens (tertiary/aromatic N) is 3. The van der Waals surface area contributed by atoms with E-state index in [9.17, 15) is 4.39 Å². The average molecular weight is 183 g/mol. The summed E-state index contributed by atoms with van der Waals surface area (Å²) in [6, 6.07) is 0. The molecule has 0 spiro atoms. The van der Waals surface area contributed by atoms with Gasteiger partial charge in [-0.3, -0.25) is 0 Å². The lowest BCUT2D eigenvalue weighted by atomic mass is 10.2. The molecule has 0 saturated carbocycles. The molecule has 0 atom stereocenters. The molecule has 2 aromatic heterocycles. The Morgan fingerprint density at radius 2 is 2.08 bits per heavy atom. The summed E-state index contributed by atoms with van der Waals surface area (Å²) in [7, 11) is 0. The lowest BCUT2D eigenvalue weighted by Crippen LogP contribution is -1.92. The number of hydrogen-bond donors (Lipinski definition) is 0. The van der Waals surface area contributed by atoms with Crippen molar-refractivity contribution in [1.82, 2.24) is 14.6 Å². The Labute approximate surface area is 72.4 Å². The number of rotatable bonds is 0. The van der Waals surface area contributed by atoms with Gasteiger partial charge in [-0.25, -0.2) is 4.98 Å². The summed E-state index contributed by atoms with van der Waals surface area (Å²) in [5.41, 5.74) is 1.76. The van der Waals surface area contributed by atoms with E-state index in [0.29, 0.717) is 16.8 Å². The van der Waals surface area contributed by atoms with E-state index in [1.165, 1.54) is 11.5 Å². The maximum absolute atomic E-state index is 13.0. The summed E-state index contributed by atoms with van der Waals surface area (Å²) < 4.78 is 17.6. The fourth-order valence-corrected chi connectivity index (χ4v) is 1.72. The molecule has 2 aromatic rings. The molecule has 0 aliphatic rings. The molecule has 0 fully saturated rings. The van der Waals surface area contributed by atoms with Gasteiger partial charge in [-0.15, -0.1) is 5.10 Å². The average Bonchev–Trinajstić information content (AvgIpc) is 2.48. The van der Waals surface area contributed by atoms with Gasteiger partial charge >= 0.3 is 0 Å². The van der Waals surface area contributed by atoms with Gasteiger partial charge in [-0.1, -0.05) is 4.49 Å². The van der Waals surface area contributed by atoms with Crippen molar-refractivity contribution in [1.29, 1.82) is 0 Å². The number of aromatic nitrogens is 3. The van der Waals surface area contributed by atoms with Crippen molar-refractivity contribution < 1.29 is 4.39 Å². The molecule has 0 N–H and O–H groups in total. The Morgan fingerprint density at radius 3 is 2.83 bits per heavy atom. The lowest BCUT2D eigenvalue weighted by Gasteiger charge is -1.97. The van der Waals surface area contributed by atoms with Crippen LogP contribution in [0.3, 0.4) is 0 Å². The minimum atomic E-state index is -0.451. The maximum atomic E-state index is 13.0. The minimum Gasteiger partial charge on any atom is -0.223 e. The third-order valence-electron chi connectivity index (χ3n) is 1.75. The lowest BCUT2D eigenvalue weighted by molar-refractivity contribution is 0.574. The topological polar surface area (TPSA) is 38.7 Å². The van der Waals surface area contributed by atoms with Crippen molar-refractivity contribution in [3.8, 4) is 0 Å². The molecule has 0 unspecified atom stereocenters. The first-order valence-corrected chi connectivity index (χ1v) is 4.22. The van der Waals surface area contributed by atoms with E-state index in [0.717, 1.165) is 4.70 Å². The second-order valence-electron chi connectivity index (χ2n) is 2.56. The molecule has 2 rings (SSSR count). The van der Waals surface area contributed by atoms with E-state index < -0.39 is 5.95 Å². The number of hydrogen-bond acceptors (Lipinski definition) is 4. The van der Waals surface area contributed by atoms with E-state index in [2.05, 4.69) is 14.6 Å². The van der Waals surface area contributed by atoms with E-state index >= 15 is 0 Å². The van der Waals surface area contributed by atoms with Crippen molar-refractivity contribution >= 4 is 21.7 Å². The molecule has 0 aliphatic carbocycles. The van der Waals surface area contributed by atoms with Crippen LogP contribution >= 0.6 is 11.5 Å². The SMILES string of the molecule is Cc1c(F)nc(C)c2snnc12. The summed E-state index contributed by atoms with van der Waals surface area (Å²) in [5.74, 6) is -0.451. The molecule has 0 bridgehead atoms. The van der Waals surface area contributed by atoms with Crippen LogP contribution in [0, 0.1) is 19.8 Å². The second-order valence-corrected chi connectivity index (χ2v) is 3.32. The summed E-state index contributed by atoms with van der Waals surface area (Å²) in [6.45, 7) is 3.41. The molecule has 0 aliphatic heterocycles. The largest absolute Gasteiger partial charge is 0.223 e. The Hall–Kier alpha value is -1.10. The Bertz CT molecular complexity index is 437. The Balaban J connectivity index is 2.97. The van der Waals surface area contributed by atoms with Crippen LogP contribution in [0.25, 0.3) is 10.2 Å². The van der Waals surface area contributed by atoms with Crippen molar-refractivity contribution in [3.63, 3.8) is 0 Å². The van der Waals surface area contributed by atoms with Crippen LogP contribution in [0.1, 0.15) is 11.3 Å². The van der Waals surface area contributed by atoms with Gasteiger partial charge in [0.15, 0.2) is 0 Å². The molecule has 2 heterocycles. The van der Waals surface area contributed by atoms with Gasteiger partial charge in [0.1, 0.15) is 5.52 Å². The highest BCUT2D eigenvalue weighted by Gasteiger charge is 2.10. The van der Waals surface area contributed by atoms with Crippen molar-refractivity contribution in [2.75, 3.05) is 0 Å². The van der Waals surface area contributed by atoms with Crippen LogP contribution in [-0.2, 0) is 0 Å². The summed E-state index contributed by atoms with van der Waals surface area (Å²) in [5, 5.41) is 3.83. The highest BCUT2D eigenvalue weighted by Crippen LogP contribution is 2.22. The highest BCUT2D eigenvalue weighted by atomic mass is 32.1. The van der Waals surface area contributed by atoms with Crippen LogP contribution in [0.2, 0.25) is 0 Å². The van der Waals surface area contributed by atoms with Crippen LogP contribution in [0.15, 0.2) is 0 Å². The van der Waals surface area contributed by atoms with Gasteiger partial charge in [0.2, 0.25) is 5.95 Å². The predicted molar refractivity (Wildman–Crippen MR) is 44.6 cm³/mol. The van der Waals surface area contributed by atoms with Gasteiger partial charge in [-0.05, 0) is 25.4 Å². The third kappa shape index (κ3) is 0.896. The van der Waals surface area contributed by atoms with Crippen LogP contribution in [0.5, 0.6) is 0 Å². The zero-order chi connectivity index (χ0) is 8.72. The third-order valence-corrected chi connectivity index (χ3v) is 2.58. The first-order valence-electron chi connectivity index (χ1n) is 3.45. The molecule has 0 amide bonds. The zero-order valence-electron chi connectivity index (χ0n) is 6.63. The minimum absolute atomic E-state index is 0.451. The summed E-state index contributed by atoms with van der Waals surface area (Å²) in [4.78, 5) is 3.74. The molecule has 0 radical (unpaired) electrons. The van der Waals surface area contributed by atoms with E-state index in [4.69, 9.17) is 0 Å². The molecular formula is C7H6FN3S. The number of halogens is 1. The molecule has 3 nitrogen and oxygen atoms in total. The van der Waals surface area contributed by atoms with Gasteiger partial charge in [-0.2, -0.15) is 4.39 Å². The fraction of sp³-hybridized carbons (Fsp3) is 0.286. The quantitative estimate of drug-likeness (QED) is 0.585. The summed E-state index contributed by atoms with van der Waals surface area (Å²) in [6.07, 6.45) is 0. The van der Waals surface area contributed by atoms with E-state index in [1.54, 1.807) is 13.8 Å². The van der Waals surface area contributed by atoms with E-state index in [-0.39, 0.29) is 0 Å². The molecule has 62 valence electrons. The molecule has 0 saturated heterocycles. The predicted octanol–water partition coefficient (Wildman–Crippen LogP) is 1.84. The first-order chi connectivity index (χ1) is 5.70. The smallest absolute Gasteiger partial charge is 0.218 e. The van der Waals surface area contributed by atoms with Crippen molar-refractivity contribution in [3.05, 3.63) is 17.2 Å². The van der Waals surface area contributed by atoms with Crippen molar-refractivity contribution in [2.45, 2.75) is 13.8 Å². The van der Waals surface area contributed by atoms with E-state index in [1.807, 2.05) is 0 Å². The molecular weight excluding hydrogens is 177 g/mol. The fourth-order valence-electron chi connectivity index (χ4n) is 1.05. The van der Waals surface area contributed by atoms with Crippen LogP contribution < -0.4 is 0 Å². The second kappa shape index (κ2) is 2.45. The molecule has 0 aromatic carbocycles. The van der Waals surface area contributed by atoms with Gasteiger partial charge < -0.3 is 0 Å². The number of aryl methyl sites for hydroxylation is 2. The molecule has 5 heteroatoms. The van der Waals surface area contributed by atoms with Gasteiger partial charge in [0.25, 0.3) is 0 Å². The highest BCUT2D eigenvalue weighted by molar-refractivity contribution is 7.13. The first kappa shape index (κ1) is 7.54. The Morgan fingerprint density at radius 1 is 1.33 bits per heavy atom. The standard InChI is InChI=1S/C7H6FN3S/c1-3-5-6(12-11-10-5)4(2)9-7(3)8/h1-2H3. The Kier molecular flexibility index (Phi) is 1.54. The van der Waals surface area contributed by atoms with Crippen LogP contribution in [-0.4, -0.2) is 14.6 Å². The number of fused-ring (bicyclic) bond motifs is 1. The van der Waals surface area contributed by atoms with Crippen molar-refractivity contribution in [2.24, 2.45) is 0 Å². The van der Waals surface area contributed by atoms with Gasteiger partial charge in [0.05, 0.1) is 10.4 Å². The summed E-state index contributed by atoms with van der Waals surface area (Å²) >= 11 is 1.25. The zero-order valence-corrected chi connectivity index (χ0v) is 7.44.